The van der Waals surface area contributed by atoms with Crippen LogP contribution >= 0.6 is 23.2 Å². The third-order valence-electron chi connectivity index (χ3n) is 5.09. The van der Waals surface area contributed by atoms with Crippen molar-refractivity contribution in [2.75, 3.05) is 5.43 Å². The Morgan fingerprint density at radius 1 is 1.21 bits per heavy atom. The topological polar surface area (TPSA) is 94.2 Å². The van der Waals surface area contributed by atoms with E-state index < -0.39 is 11.1 Å². The van der Waals surface area contributed by atoms with Gasteiger partial charge in [0.2, 0.25) is 5.95 Å². The van der Waals surface area contributed by atoms with Crippen LogP contribution in [0.4, 0.5) is 5.95 Å². The van der Waals surface area contributed by atoms with Gasteiger partial charge in [-0.2, -0.15) is 10.1 Å². The van der Waals surface area contributed by atoms with Crippen molar-refractivity contribution in [1.82, 2.24) is 19.1 Å². The number of rotatable bonds is 4. The number of aryl methyl sites for hydroxylation is 1. The molecule has 150 valence electrons. The smallest absolute Gasteiger partial charge is 0.303 e. The molecular formula is C19H18Cl2N6O2. The van der Waals surface area contributed by atoms with Gasteiger partial charge in [0.15, 0.2) is 5.65 Å². The number of aromatic nitrogens is 4. The fourth-order valence-corrected chi connectivity index (χ4v) is 3.92. The van der Waals surface area contributed by atoms with Gasteiger partial charge in [-0.3, -0.25) is 14.2 Å². The van der Waals surface area contributed by atoms with E-state index in [2.05, 4.69) is 20.5 Å². The summed E-state index contributed by atoms with van der Waals surface area (Å²) in [6, 6.07) is 5.19. The SMILES string of the molecule is Cn1c(=O)c(=O)n(C2CCCC2)c2nc(N/N=C/c3cccc(Cl)c3Cl)ncc21. The van der Waals surface area contributed by atoms with E-state index in [4.69, 9.17) is 23.2 Å². The number of hydrogen-bond donors (Lipinski definition) is 1. The van der Waals surface area contributed by atoms with Crippen LogP contribution in [0.15, 0.2) is 39.1 Å². The van der Waals surface area contributed by atoms with Crippen LogP contribution in [0.1, 0.15) is 37.3 Å². The van der Waals surface area contributed by atoms with Gasteiger partial charge in [-0.05, 0) is 18.9 Å². The Morgan fingerprint density at radius 2 is 1.97 bits per heavy atom. The molecule has 0 unspecified atom stereocenters. The lowest BCUT2D eigenvalue weighted by atomic mass is 10.2. The maximum atomic E-state index is 12.7. The van der Waals surface area contributed by atoms with Gasteiger partial charge in [0.25, 0.3) is 0 Å². The molecule has 2 heterocycles. The highest BCUT2D eigenvalue weighted by atomic mass is 35.5. The average molecular weight is 433 g/mol. The van der Waals surface area contributed by atoms with Crippen LogP contribution in [0.3, 0.4) is 0 Å². The second-order valence-electron chi connectivity index (χ2n) is 6.89. The van der Waals surface area contributed by atoms with Crippen molar-refractivity contribution in [2.45, 2.75) is 31.7 Å². The zero-order valence-corrected chi connectivity index (χ0v) is 17.1. The number of hydrazone groups is 1. The van der Waals surface area contributed by atoms with Crippen molar-refractivity contribution in [1.29, 1.82) is 0 Å². The molecule has 4 rings (SSSR count). The number of halogens is 2. The van der Waals surface area contributed by atoms with Gasteiger partial charge in [-0.1, -0.05) is 48.2 Å². The average Bonchev–Trinajstić information content (AvgIpc) is 3.24. The first-order valence-electron chi connectivity index (χ1n) is 9.18. The highest BCUT2D eigenvalue weighted by Crippen LogP contribution is 2.30. The normalized spacial score (nSPS) is 14.9. The highest BCUT2D eigenvalue weighted by molar-refractivity contribution is 6.43. The van der Waals surface area contributed by atoms with Crippen LogP contribution in [-0.2, 0) is 7.05 Å². The quantitative estimate of drug-likeness (QED) is 0.387. The van der Waals surface area contributed by atoms with Gasteiger partial charge in [-0.15, -0.1) is 0 Å². The number of anilines is 1. The predicted molar refractivity (Wildman–Crippen MR) is 114 cm³/mol. The van der Waals surface area contributed by atoms with Crippen LogP contribution in [0.2, 0.25) is 10.0 Å². The fourth-order valence-electron chi connectivity index (χ4n) is 3.57. The van der Waals surface area contributed by atoms with E-state index in [-0.39, 0.29) is 12.0 Å². The molecule has 0 atom stereocenters. The number of benzene rings is 1. The largest absolute Gasteiger partial charge is 0.318 e. The molecule has 1 aliphatic rings. The van der Waals surface area contributed by atoms with Crippen molar-refractivity contribution >= 4 is 46.5 Å². The molecule has 0 saturated heterocycles. The molecule has 0 amide bonds. The molecule has 8 nitrogen and oxygen atoms in total. The van der Waals surface area contributed by atoms with Crippen LogP contribution in [0.25, 0.3) is 11.2 Å². The van der Waals surface area contributed by atoms with Crippen LogP contribution in [0.5, 0.6) is 0 Å². The third-order valence-corrected chi connectivity index (χ3v) is 5.92. The van der Waals surface area contributed by atoms with Gasteiger partial charge >= 0.3 is 11.1 Å². The van der Waals surface area contributed by atoms with Gasteiger partial charge in [-0.25, -0.2) is 10.4 Å². The minimum Gasteiger partial charge on any atom is -0.303 e. The zero-order chi connectivity index (χ0) is 20.5. The summed E-state index contributed by atoms with van der Waals surface area (Å²) in [7, 11) is 1.54. The maximum Gasteiger partial charge on any atom is 0.318 e. The van der Waals surface area contributed by atoms with Crippen LogP contribution in [-0.4, -0.2) is 25.3 Å². The summed E-state index contributed by atoms with van der Waals surface area (Å²) >= 11 is 12.1. The first kappa shape index (κ1) is 19.6. The maximum absolute atomic E-state index is 12.7. The Kier molecular flexibility index (Phi) is 5.38. The highest BCUT2D eigenvalue weighted by Gasteiger charge is 2.23. The van der Waals surface area contributed by atoms with E-state index in [1.54, 1.807) is 25.2 Å². The summed E-state index contributed by atoms with van der Waals surface area (Å²) in [4.78, 5) is 33.7. The molecule has 29 heavy (non-hydrogen) atoms. The standard InChI is InChI=1S/C19H18Cl2N6O2/c1-26-14-10-22-19(25-23-9-11-5-4-8-13(20)15(11)21)24-16(14)27(18(29)17(26)28)12-6-2-3-7-12/h4-5,8-10,12H,2-3,6-7H2,1H3,(H,22,24,25)/b23-9+. The Morgan fingerprint density at radius 3 is 2.72 bits per heavy atom. The minimum atomic E-state index is -0.581. The van der Waals surface area contributed by atoms with Crippen molar-refractivity contribution in [3.05, 3.63) is 60.7 Å². The van der Waals surface area contributed by atoms with Gasteiger partial charge < -0.3 is 4.57 Å². The van der Waals surface area contributed by atoms with E-state index in [1.165, 1.54) is 21.5 Å². The number of fused-ring (bicyclic) bond motifs is 1. The molecule has 2 aromatic heterocycles. The molecule has 1 fully saturated rings. The molecule has 0 spiro atoms. The first-order chi connectivity index (χ1) is 14.0. The lowest BCUT2D eigenvalue weighted by Crippen LogP contribution is -2.42. The van der Waals surface area contributed by atoms with E-state index in [0.29, 0.717) is 26.8 Å². The van der Waals surface area contributed by atoms with Gasteiger partial charge in [0.05, 0.1) is 22.5 Å². The van der Waals surface area contributed by atoms with Gasteiger partial charge in [0, 0.05) is 18.7 Å². The Hall–Kier alpha value is -2.71. The van der Waals surface area contributed by atoms with Gasteiger partial charge in [0.1, 0.15) is 5.52 Å². The summed E-state index contributed by atoms with van der Waals surface area (Å²) in [6.45, 7) is 0. The molecule has 0 bridgehead atoms. The van der Waals surface area contributed by atoms with Crippen molar-refractivity contribution in [3.8, 4) is 0 Å². The van der Waals surface area contributed by atoms with E-state index in [0.717, 1.165) is 25.7 Å². The lowest BCUT2D eigenvalue weighted by Gasteiger charge is -2.17. The number of nitrogens with one attached hydrogen (secondary N) is 1. The molecule has 1 aromatic carbocycles. The Bertz CT molecular complexity index is 1230. The summed E-state index contributed by atoms with van der Waals surface area (Å²) in [6.07, 6.45) is 6.76. The summed E-state index contributed by atoms with van der Waals surface area (Å²) in [5.41, 5.74) is 3.15. The zero-order valence-electron chi connectivity index (χ0n) is 15.6. The molecule has 1 saturated carbocycles. The van der Waals surface area contributed by atoms with Crippen molar-refractivity contribution < 1.29 is 0 Å². The number of nitrogens with zero attached hydrogens (tertiary/aromatic N) is 5. The third kappa shape index (κ3) is 3.65. The molecular weight excluding hydrogens is 415 g/mol. The van der Waals surface area contributed by atoms with Crippen molar-refractivity contribution in [2.24, 2.45) is 12.1 Å². The number of hydrogen-bond acceptors (Lipinski definition) is 6. The van der Waals surface area contributed by atoms with Crippen molar-refractivity contribution in [3.63, 3.8) is 0 Å². The molecule has 1 N–H and O–H groups in total. The summed E-state index contributed by atoms with van der Waals surface area (Å²) < 4.78 is 2.79. The van der Waals surface area contributed by atoms with E-state index >= 15 is 0 Å². The Labute approximate surface area is 175 Å². The summed E-state index contributed by atoms with van der Waals surface area (Å²) in [5.74, 6) is 0.205. The molecule has 10 heteroatoms. The van der Waals surface area contributed by atoms with E-state index in [9.17, 15) is 9.59 Å². The summed E-state index contributed by atoms with van der Waals surface area (Å²) in [5, 5.41) is 4.93. The molecule has 0 radical (unpaired) electrons. The van der Waals surface area contributed by atoms with Crippen LogP contribution < -0.4 is 16.5 Å². The minimum absolute atomic E-state index is 0.0320. The Balaban J connectivity index is 1.73. The molecule has 0 aliphatic heterocycles. The first-order valence-corrected chi connectivity index (χ1v) is 9.94. The van der Waals surface area contributed by atoms with Crippen LogP contribution in [0, 0.1) is 0 Å². The predicted octanol–water partition coefficient (Wildman–Crippen LogP) is 3.36. The fraction of sp³-hybridized carbons (Fsp3) is 0.316. The second-order valence-corrected chi connectivity index (χ2v) is 7.68. The molecule has 1 aliphatic carbocycles. The monoisotopic (exact) mass is 432 g/mol. The second kappa shape index (κ2) is 7.96. The van der Waals surface area contributed by atoms with E-state index in [1.807, 2.05) is 0 Å². The molecule has 3 aromatic rings. The lowest BCUT2D eigenvalue weighted by molar-refractivity contribution is 0.507.